The van der Waals surface area contributed by atoms with Crippen molar-refractivity contribution in [3.05, 3.63) is 54.6 Å². The summed E-state index contributed by atoms with van der Waals surface area (Å²) in [4.78, 5) is 36.1. The molecule has 2 rings (SSSR count). The van der Waals surface area contributed by atoms with E-state index in [4.69, 9.17) is 14.2 Å². The number of anilines is 1. The third-order valence-corrected chi connectivity index (χ3v) is 3.95. The van der Waals surface area contributed by atoms with Crippen molar-refractivity contribution in [2.75, 3.05) is 12.4 Å². The van der Waals surface area contributed by atoms with Gasteiger partial charge in [0.2, 0.25) is 5.91 Å². The van der Waals surface area contributed by atoms with Gasteiger partial charge >= 0.3 is 12.1 Å². The van der Waals surface area contributed by atoms with E-state index in [1.165, 1.54) is 7.11 Å². The molecule has 0 heterocycles. The van der Waals surface area contributed by atoms with Crippen molar-refractivity contribution >= 4 is 23.7 Å². The Bertz CT molecular complexity index is 875. The number of rotatable bonds is 8. The molecule has 0 unspecified atom stereocenters. The molecule has 0 aromatic heterocycles. The second-order valence-corrected chi connectivity index (χ2v) is 7.75. The predicted molar refractivity (Wildman–Crippen MR) is 116 cm³/mol. The number of esters is 1. The van der Waals surface area contributed by atoms with Crippen LogP contribution in [0.1, 0.15) is 33.6 Å². The van der Waals surface area contributed by atoms with Crippen LogP contribution < -0.4 is 15.4 Å². The number of methoxy groups -OCH3 is 1. The highest BCUT2D eigenvalue weighted by Gasteiger charge is 2.25. The second-order valence-electron chi connectivity index (χ2n) is 7.75. The molecule has 1 atom stereocenters. The van der Waals surface area contributed by atoms with Crippen LogP contribution >= 0.6 is 0 Å². The third-order valence-electron chi connectivity index (χ3n) is 3.95. The van der Waals surface area contributed by atoms with Gasteiger partial charge in [0.05, 0.1) is 7.11 Å². The molecule has 8 nitrogen and oxygen atoms in total. The van der Waals surface area contributed by atoms with Crippen LogP contribution in [0.2, 0.25) is 0 Å². The smallest absolute Gasteiger partial charge is 0.408 e. The van der Waals surface area contributed by atoms with Crippen molar-refractivity contribution in [3.8, 4) is 11.5 Å². The molecule has 0 aliphatic carbocycles. The molecule has 0 fully saturated rings. The molecular formula is C23H28N2O6. The quantitative estimate of drug-likeness (QED) is 0.609. The minimum absolute atomic E-state index is 0.00215. The maximum absolute atomic E-state index is 12.3. The number of hydrogen-bond acceptors (Lipinski definition) is 6. The number of nitrogens with one attached hydrogen (secondary N) is 2. The molecule has 0 spiro atoms. The molecule has 166 valence electrons. The van der Waals surface area contributed by atoms with Crippen molar-refractivity contribution in [1.29, 1.82) is 0 Å². The van der Waals surface area contributed by atoms with Gasteiger partial charge in [-0.15, -0.1) is 0 Å². The molecule has 31 heavy (non-hydrogen) atoms. The first kappa shape index (κ1) is 23.7. The number of carbonyl (C=O) groups excluding carboxylic acids is 3. The van der Waals surface area contributed by atoms with Gasteiger partial charge in [-0.25, -0.2) is 9.59 Å². The summed E-state index contributed by atoms with van der Waals surface area (Å²) in [6.45, 7) is 5.13. The molecule has 0 aliphatic heterocycles. The summed E-state index contributed by atoms with van der Waals surface area (Å²) >= 11 is 0. The van der Waals surface area contributed by atoms with Crippen LogP contribution in [0, 0.1) is 0 Å². The van der Waals surface area contributed by atoms with Crippen LogP contribution in [0.4, 0.5) is 10.5 Å². The maximum Gasteiger partial charge on any atom is 0.408 e. The highest BCUT2D eigenvalue weighted by molar-refractivity contribution is 5.91. The summed E-state index contributed by atoms with van der Waals surface area (Å²) < 4.78 is 15.6. The van der Waals surface area contributed by atoms with E-state index in [0.717, 1.165) is 0 Å². The highest BCUT2D eigenvalue weighted by Crippen LogP contribution is 2.22. The Balaban J connectivity index is 1.86. The van der Waals surface area contributed by atoms with Crippen LogP contribution in [-0.4, -0.2) is 36.7 Å². The van der Waals surface area contributed by atoms with Crippen LogP contribution in [0.3, 0.4) is 0 Å². The van der Waals surface area contributed by atoms with E-state index in [1.54, 1.807) is 45.0 Å². The Labute approximate surface area is 181 Å². The maximum atomic E-state index is 12.3. The normalized spacial score (nSPS) is 11.7. The van der Waals surface area contributed by atoms with Crippen LogP contribution in [0.25, 0.3) is 0 Å². The third kappa shape index (κ3) is 8.77. The van der Waals surface area contributed by atoms with E-state index < -0.39 is 23.7 Å². The molecule has 0 saturated carbocycles. The number of ether oxygens (including phenoxy) is 3. The zero-order chi connectivity index (χ0) is 22.9. The van der Waals surface area contributed by atoms with Gasteiger partial charge in [0.1, 0.15) is 23.1 Å². The van der Waals surface area contributed by atoms with E-state index >= 15 is 0 Å². The molecule has 2 aromatic carbocycles. The Morgan fingerprint density at radius 1 is 0.935 bits per heavy atom. The fourth-order valence-corrected chi connectivity index (χ4v) is 2.57. The van der Waals surface area contributed by atoms with Gasteiger partial charge < -0.3 is 24.8 Å². The lowest BCUT2D eigenvalue weighted by Gasteiger charge is -2.22. The first-order valence-electron chi connectivity index (χ1n) is 9.86. The highest BCUT2D eigenvalue weighted by atomic mass is 16.6. The van der Waals surface area contributed by atoms with Crippen molar-refractivity contribution < 1.29 is 28.6 Å². The zero-order valence-corrected chi connectivity index (χ0v) is 18.1. The lowest BCUT2D eigenvalue weighted by molar-refractivity contribution is -0.143. The Morgan fingerprint density at radius 2 is 1.55 bits per heavy atom. The second kappa shape index (κ2) is 11.0. The lowest BCUT2D eigenvalue weighted by atomic mass is 10.1. The summed E-state index contributed by atoms with van der Waals surface area (Å²) in [5, 5.41) is 5.19. The molecule has 0 saturated heterocycles. The van der Waals surface area contributed by atoms with Gasteiger partial charge in [-0.3, -0.25) is 4.79 Å². The molecule has 0 bridgehead atoms. The Kier molecular flexibility index (Phi) is 8.43. The molecule has 2 N–H and O–H groups in total. The summed E-state index contributed by atoms with van der Waals surface area (Å²) in [6.07, 6.45) is -0.692. The largest absolute Gasteiger partial charge is 0.467 e. The molecule has 0 radical (unpaired) electrons. The molecule has 2 aromatic rings. The summed E-state index contributed by atoms with van der Waals surface area (Å²) in [5.41, 5.74) is -0.126. The zero-order valence-electron chi connectivity index (χ0n) is 18.1. The first-order valence-corrected chi connectivity index (χ1v) is 9.86. The van der Waals surface area contributed by atoms with Gasteiger partial charge in [0.25, 0.3) is 0 Å². The summed E-state index contributed by atoms with van der Waals surface area (Å²) in [5.74, 6) is 0.389. The number of amides is 2. The monoisotopic (exact) mass is 428 g/mol. The van der Waals surface area contributed by atoms with E-state index in [1.807, 2.05) is 30.3 Å². The van der Waals surface area contributed by atoms with E-state index in [2.05, 4.69) is 10.6 Å². The van der Waals surface area contributed by atoms with Crippen LogP contribution in [-0.2, 0) is 19.1 Å². The lowest BCUT2D eigenvalue weighted by Crippen LogP contribution is -2.44. The molecule has 0 aliphatic rings. The van der Waals surface area contributed by atoms with E-state index in [9.17, 15) is 14.4 Å². The van der Waals surface area contributed by atoms with Gasteiger partial charge in [0.15, 0.2) is 0 Å². The minimum Gasteiger partial charge on any atom is -0.467 e. The molecular weight excluding hydrogens is 400 g/mol. The van der Waals surface area contributed by atoms with Crippen molar-refractivity contribution in [2.24, 2.45) is 0 Å². The van der Waals surface area contributed by atoms with Crippen molar-refractivity contribution in [1.82, 2.24) is 5.32 Å². The number of hydrogen-bond donors (Lipinski definition) is 2. The number of carbonyl (C=O) groups is 3. The van der Waals surface area contributed by atoms with Gasteiger partial charge in [-0.2, -0.15) is 0 Å². The molecule has 8 heteroatoms. The average molecular weight is 428 g/mol. The van der Waals surface area contributed by atoms with Gasteiger partial charge in [-0.05, 0) is 63.6 Å². The summed E-state index contributed by atoms with van der Waals surface area (Å²) in [6, 6.07) is 15.3. The van der Waals surface area contributed by atoms with Gasteiger partial charge in [-0.1, -0.05) is 18.2 Å². The Hall–Kier alpha value is -3.55. The van der Waals surface area contributed by atoms with Crippen molar-refractivity contribution in [3.63, 3.8) is 0 Å². The average Bonchev–Trinajstić information content (AvgIpc) is 2.71. The standard InChI is InChI=1S/C23H28N2O6/c1-23(2,3)31-22(28)25-19(21(27)29-4)14-15-20(26)24-16-10-12-18(13-11-16)30-17-8-6-5-7-9-17/h5-13,19H,14-15H2,1-4H3,(H,24,26)(H,25,28)/t19-/m0/s1. The molecule has 2 amide bonds. The Morgan fingerprint density at radius 3 is 2.13 bits per heavy atom. The topological polar surface area (TPSA) is 103 Å². The number of para-hydroxylation sites is 1. The predicted octanol–water partition coefficient (Wildman–Crippen LogP) is 4.26. The first-order chi connectivity index (χ1) is 14.7. The van der Waals surface area contributed by atoms with E-state index in [-0.39, 0.29) is 18.7 Å². The van der Waals surface area contributed by atoms with Gasteiger partial charge in [0, 0.05) is 12.1 Å². The number of alkyl carbamates (subject to hydrolysis) is 1. The van der Waals surface area contributed by atoms with Crippen molar-refractivity contribution in [2.45, 2.75) is 45.3 Å². The minimum atomic E-state index is -0.993. The fourth-order valence-electron chi connectivity index (χ4n) is 2.57. The fraction of sp³-hybridized carbons (Fsp3) is 0.348. The SMILES string of the molecule is COC(=O)[C@H](CCC(=O)Nc1ccc(Oc2ccccc2)cc1)NC(=O)OC(C)(C)C. The van der Waals surface area contributed by atoms with Crippen LogP contribution in [0.5, 0.6) is 11.5 Å². The van der Waals surface area contributed by atoms with Crippen LogP contribution in [0.15, 0.2) is 54.6 Å². The number of benzene rings is 2. The van der Waals surface area contributed by atoms with E-state index in [0.29, 0.717) is 17.2 Å². The summed E-state index contributed by atoms with van der Waals surface area (Å²) in [7, 11) is 1.21.